The number of carbonyl (C=O) groups is 2. The largest absolute Gasteiger partial charge is 0.340 e. The summed E-state index contributed by atoms with van der Waals surface area (Å²) < 4.78 is 14.3. The lowest BCUT2D eigenvalue weighted by atomic mass is 10.1. The van der Waals surface area contributed by atoms with Crippen LogP contribution in [0.1, 0.15) is 45.9 Å². The summed E-state index contributed by atoms with van der Waals surface area (Å²) in [6.07, 6.45) is 8.29. The standard InChI is InChI=1S/C27H26FN7O2/c28-21-10-8-18(9-11-21)22-17-24(22)29-12-1-3-23(27(37)35-16-15-32-34-35)33-26(36)20-6-4-19(5-7-20)25-30-13-2-14-31-25/h2,4-11,13-16,22-24,29H,1,3,12,17H2,(H,33,36)/t22-,23-,24+/m0/s1. The molecule has 5 rings (SSSR count). The summed E-state index contributed by atoms with van der Waals surface area (Å²) in [6, 6.07) is 14.8. The summed E-state index contributed by atoms with van der Waals surface area (Å²) in [5.74, 6) is -0.00264. The van der Waals surface area contributed by atoms with Crippen molar-refractivity contribution < 1.29 is 14.0 Å². The number of nitrogens with zero attached hydrogens (tertiary/aromatic N) is 5. The second-order valence-electron chi connectivity index (χ2n) is 8.96. The monoisotopic (exact) mass is 499 g/mol. The Hall–Kier alpha value is -4.31. The summed E-state index contributed by atoms with van der Waals surface area (Å²) in [5, 5.41) is 13.8. The highest BCUT2D eigenvalue weighted by Crippen LogP contribution is 2.40. The van der Waals surface area contributed by atoms with Gasteiger partial charge in [0.05, 0.1) is 12.4 Å². The Morgan fingerprint density at radius 1 is 1.03 bits per heavy atom. The molecule has 1 fully saturated rings. The van der Waals surface area contributed by atoms with Gasteiger partial charge in [-0.25, -0.2) is 14.4 Å². The highest BCUT2D eigenvalue weighted by Gasteiger charge is 2.37. The number of rotatable bonds is 10. The van der Waals surface area contributed by atoms with Gasteiger partial charge in [-0.05, 0) is 61.7 Å². The number of carbonyl (C=O) groups excluding carboxylic acids is 2. The fourth-order valence-electron chi connectivity index (χ4n) is 4.30. The van der Waals surface area contributed by atoms with E-state index in [1.165, 1.54) is 24.5 Å². The van der Waals surface area contributed by atoms with Crippen molar-refractivity contribution in [2.24, 2.45) is 0 Å². The average molecular weight is 500 g/mol. The molecule has 9 nitrogen and oxygen atoms in total. The van der Waals surface area contributed by atoms with Crippen LogP contribution in [0.2, 0.25) is 0 Å². The average Bonchev–Trinajstić information content (AvgIpc) is 3.49. The number of hydrogen-bond donors (Lipinski definition) is 2. The molecule has 0 radical (unpaired) electrons. The Morgan fingerprint density at radius 2 is 1.78 bits per heavy atom. The normalized spacial score (nSPS) is 17.2. The second-order valence-corrected chi connectivity index (χ2v) is 8.96. The van der Waals surface area contributed by atoms with E-state index in [9.17, 15) is 14.0 Å². The Kier molecular flexibility index (Phi) is 7.36. The zero-order valence-electron chi connectivity index (χ0n) is 20.0. The smallest absolute Gasteiger partial charge is 0.270 e. The molecule has 0 bridgehead atoms. The van der Waals surface area contributed by atoms with Gasteiger partial charge in [0.2, 0.25) is 0 Å². The molecule has 0 spiro atoms. The summed E-state index contributed by atoms with van der Waals surface area (Å²) >= 11 is 0. The van der Waals surface area contributed by atoms with Crippen LogP contribution in [-0.4, -0.2) is 55.4 Å². The number of hydrogen-bond acceptors (Lipinski definition) is 7. The van der Waals surface area contributed by atoms with Gasteiger partial charge in [-0.3, -0.25) is 9.59 Å². The maximum atomic E-state index is 13.2. The zero-order chi connectivity index (χ0) is 25.6. The Labute approximate surface area is 213 Å². The molecule has 4 aromatic rings. The van der Waals surface area contributed by atoms with E-state index in [-0.39, 0.29) is 17.6 Å². The third kappa shape index (κ3) is 6.10. The number of benzene rings is 2. The van der Waals surface area contributed by atoms with E-state index in [0.29, 0.717) is 42.7 Å². The van der Waals surface area contributed by atoms with Crippen molar-refractivity contribution in [1.82, 2.24) is 35.6 Å². The van der Waals surface area contributed by atoms with Gasteiger partial charge in [-0.15, -0.1) is 5.10 Å². The molecule has 0 saturated heterocycles. The molecule has 1 amide bonds. The minimum atomic E-state index is -0.764. The predicted octanol–water partition coefficient (Wildman–Crippen LogP) is 3.24. The van der Waals surface area contributed by atoms with Gasteiger partial charge in [-0.2, -0.15) is 4.68 Å². The molecule has 188 valence electrons. The number of aromatic nitrogens is 5. The maximum Gasteiger partial charge on any atom is 0.270 e. The van der Waals surface area contributed by atoms with E-state index in [4.69, 9.17) is 0 Å². The fourth-order valence-corrected chi connectivity index (χ4v) is 4.30. The minimum absolute atomic E-state index is 0.236. The Morgan fingerprint density at radius 3 is 2.49 bits per heavy atom. The van der Waals surface area contributed by atoms with Crippen LogP contribution in [-0.2, 0) is 0 Å². The molecule has 0 aliphatic heterocycles. The third-order valence-corrected chi connectivity index (χ3v) is 6.39. The van der Waals surface area contributed by atoms with Crippen molar-refractivity contribution in [2.75, 3.05) is 6.54 Å². The number of amides is 1. The van der Waals surface area contributed by atoms with Crippen LogP contribution in [0.25, 0.3) is 11.4 Å². The SMILES string of the molecule is O=C(N[C@@H](CCCN[C@@H]1C[C@H]1c1ccc(F)cc1)C(=O)n1ccnn1)c1ccc(-c2ncccn2)cc1. The van der Waals surface area contributed by atoms with E-state index >= 15 is 0 Å². The zero-order valence-corrected chi connectivity index (χ0v) is 20.0. The highest BCUT2D eigenvalue weighted by molar-refractivity contribution is 5.98. The molecule has 2 aromatic carbocycles. The summed E-state index contributed by atoms with van der Waals surface area (Å²) in [4.78, 5) is 34.4. The lowest BCUT2D eigenvalue weighted by Gasteiger charge is -2.17. The molecule has 0 unspecified atom stereocenters. The Balaban J connectivity index is 1.17. The first-order valence-electron chi connectivity index (χ1n) is 12.2. The van der Waals surface area contributed by atoms with Gasteiger partial charge < -0.3 is 10.6 Å². The molecule has 1 aliphatic carbocycles. The number of nitrogens with one attached hydrogen (secondary N) is 2. The quantitative estimate of drug-likeness (QED) is 0.322. The van der Waals surface area contributed by atoms with E-state index in [1.54, 1.807) is 42.7 Å². The van der Waals surface area contributed by atoms with Crippen molar-refractivity contribution in [1.29, 1.82) is 0 Å². The molecule has 10 heteroatoms. The predicted molar refractivity (Wildman–Crippen MR) is 134 cm³/mol. The Bertz CT molecular complexity index is 1330. The number of halogens is 1. The molecule has 2 N–H and O–H groups in total. The van der Waals surface area contributed by atoms with Gasteiger partial charge in [0.25, 0.3) is 11.8 Å². The fraction of sp³-hybridized carbons (Fsp3) is 0.259. The molecular weight excluding hydrogens is 473 g/mol. The van der Waals surface area contributed by atoms with E-state index in [1.807, 2.05) is 12.1 Å². The van der Waals surface area contributed by atoms with Crippen molar-refractivity contribution in [2.45, 2.75) is 37.3 Å². The molecular formula is C27H26FN7O2. The van der Waals surface area contributed by atoms with Crippen LogP contribution in [0.5, 0.6) is 0 Å². The molecule has 2 aromatic heterocycles. The summed E-state index contributed by atoms with van der Waals surface area (Å²) in [5.41, 5.74) is 2.34. The van der Waals surface area contributed by atoms with E-state index in [2.05, 4.69) is 30.9 Å². The van der Waals surface area contributed by atoms with Gasteiger partial charge in [0, 0.05) is 35.5 Å². The van der Waals surface area contributed by atoms with Crippen LogP contribution >= 0.6 is 0 Å². The second kappa shape index (κ2) is 11.2. The first-order chi connectivity index (χ1) is 18.1. The van der Waals surface area contributed by atoms with Crippen LogP contribution < -0.4 is 10.6 Å². The molecule has 1 aliphatic rings. The lowest BCUT2D eigenvalue weighted by Crippen LogP contribution is -2.43. The highest BCUT2D eigenvalue weighted by atomic mass is 19.1. The summed E-state index contributed by atoms with van der Waals surface area (Å²) in [6.45, 7) is 0.686. The third-order valence-electron chi connectivity index (χ3n) is 6.39. The topological polar surface area (TPSA) is 115 Å². The van der Waals surface area contributed by atoms with Crippen molar-refractivity contribution in [3.63, 3.8) is 0 Å². The first kappa shape index (κ1) is 24.4. The first-order valence-corrected chi connectivity index (χ1v) is 12.2. The van der Waals surface area contributed by atoms with Crippen LogP contribution in [0.4, 0.5) is 4.39 Å². The van der Waals surface area contributed by atoms with Crippen LogP contribution in [0.3, 0.4) is 0 Å². The van der Waals surface area contributed by atoms with Crippen LogP contribution in [0.15, 0.2) is 79.4 Å². The van der Waals surface area contributed by atoms with Gasteiger partial charge in [0.15, 0.2) is 5.82 Å². The molecule has 37 heavy (non-hydrogen) atoms. The minimum Gasteiger partial charge on any atom is -0.340 e. The molecule has 1 saturated carbocycles. The molecule has 3 atom stereocenters. The lowest BCUT2D eigenvalue weighted by molar-refractivity contribution is 0.0783. The van der Waals surface area contributed by atoms with E-state index in [0.717, 1.165) is 22.2 Å². The van der Waals surface area contributed by atoms with Gasteiger partial charge in [-0.1, -0.05) is 29.5 Å². The van der Waals surface area contributed by atoms with Crippen molar-refractivity contribution >= 4 is 11.8 Å². The van der Waals surface area contributed by atoms with Crippen molar-refractivity contribution in [3.05, 3.63) is 96.3 Å². The van der Waals surface area contributed by atoms with E-state index < -0.39 is 6.04 Å². The maximum absolute atomic E-state index is 13.2. The molecule has 2 heterocycles. The summed E-state index contributed by atoms with van der Waals surface area (Å²) in [7, 11) is 0. The van der Waals surface area contributed by atoms with Gasteiger partial charge in [0.1, 0.15) is 11.9 Å². The van der Waals surface area contributed by atoms with Crippen LogP contribution in [0, 0.1) is 5.82 Å². The van der Waals surface area contributed by atoms with Crippen molar-refractivity contribution in [3.8, 4) is 11.4 Å². The van der Waals surface area contributed by atoms with Gasteiger partial charge >= 0.3 is 0 Å².